The summed E-state index contributed by atoms with van der Waals surface area (Å²) in [5.74, 6) is 0.257. The van der Waals surface area contributed by atoms with Gasteiger partial charge in [-0.15, -0.1) is 0 Å². The van der Waals surface area contributed by atoms with Gasteiger partial charge in [0.15, 0.2) is 0 Å². The van der Waals surface area contributed by atoms with Gasteiger partial charge < -0.3 is 19.8 Å². The van der Waals surface area contributed by atoms with E-state index in [-0.39, 0.29) is 11.8 Å². The van der Waals surface area contributed by atoms with Crippen LogP contribution in [0, 0.1) is 6.92 Å². The molecule has 0 unspecified atom stereocenters. The van der Waals surface area contributed by atoms with Gasteiger partial charge in [0.2, 0.25) is 11.8 Å². The van der Waals surface area contributed by atoms with Crippen LogP contribution < -0.4 is 15.4 Å². The lowest BCUT2D eigenvalue weighted by atomic mass is 9.96. The molecule has 0 saturated heterocycles. The molecule has 0 aliphatic heterocycles. The molecular weight excluding hydrogens is 428 g/mol. The van der Waals surface area contributed by atoms with Crippen LogP contribution in [0.5, 0.6) is 5.75 Å². The van der Waals surface area contributed by atoms with Crippen molar-refractivity contribution in [2.24, 2.45) is 0 Å². The van der Waals surface area contributed by atoms with Gasteiger partial charge in [0.25, 0.3) is 0 Å². The second-order valence-corrected chi connectivity index (χ2v) is 8.05. The monoisotopic (exact) mass is 454 g/mol. The van der Waals surface area contributed by atoms with Gasteiger partial charge in [-0.05, 0) is 55.3 Å². The van der Waals surface area contributed by atoms with E-state index < -0.39 is 0 Å². The SMILES string of the molecule is COc1c(/C(C)=C/C(=O)Nc2ccc(NC(C)=O)cc2)cc2c(-c3ccccc3)coc2c1C. The first-order valence-corrected chi connectivity index (χ1v) is 10.9. The fourth-order valence-electron chi connectivity index (χ4n) is 4.01. The van der Waals surface area contributed by atoms with Crippen LogP contribution in [0.2, 0.25) is 0 Å². The molecule has 4 rings (SSSR count). The maximum atomic E-state index is 12.7. The number of amides is 2. The number of anilines is 2. The number of ether oxygens (including phenoxy) is 1. The zero-order valence-corrected chi connectivity index (χ0v) is 19.6. The zero-order valence-electron chi connectivity index (χ0n) is 19.6. The number of hydrogen-bond acceptors (Lipinski definition) is 4. The van der Waals surface area contributed by atoms with Gasteiger partial charge in [0, 0.05) is 46.5 Å². The Kier molecular flexibility index (Phi) is 6.50. The van der Waals surface area contributed by atoms with Gasteiger partial charge >= 0.3 is 0 Å². The van der Waals surface area contributed by atoms with Crippen molar-refractivity contribution in [2.45, 2.75) is 20.8 Å². The second-order valence-electron chi connectivity index (χ2n) is 8.05. The molecule has 3 aromatic carbocycles. The summed E-state index contributed by atoms with van der Waals surface area (Å²) in [5, 5.41) is 6.52. The van der Waals surface area contributed by atoms with Gasteiger partial charge in [-0.2, -0.15) is 0 Å². The predicted molar refractivity (Wildman–Crippen MR) is 136 cm³/mol. The van der Waals surface area contributed by atoms with Crippen molar-refractivity contribution in [3.63, 3.8) is 0 Å². The minimum atomic E-state index is -0.264. The molecule has 172 valence electrons. The second kappa shape index (κ2) is 9.67. The highest BCUT2D eigenvalue weighted by Crippen LogP contribution is 2.40. The predicted octanol–water partition coefficient (Wildman–Crippen LogP) is 6.42. The van der Waals surface area contributed by atoms with Crippen LogP contribution in [0.1, 0.15) is 25.0 Å². The van der Waals surface area contributed by atoms with E-state index >= 15 is 0 Å². The number of allylic oxidation sites excluding steroid dienone is 1. The van der Waals surface area contributed by atoms with Crippen LogP contribution in [0.15, 0.2) is 77.4 Å². The minimum Gasteiger partial charge on any atom is -0.496 e. The largest absolute Gasteiger partial charge is 0.496 e. The molecule has 6 nitrogen and oxygen atoms in total. The topological polar surface area (TPSA) is 80.6 Å². The van der Waals surface area contributed by atoms with Gasteiger partial charge in [-0.1, -0.05) is 30.3 Å². The molecule has 0 radical (unpaired) electrons. The summed E-state index contributed by atoms with van der Waals surface area (Å²) < 4.78 is 11.6. The third kappa shape index (κ3) is 4.71. The maximum absolute atomic E-state index is 12.7. The van der Waals surface area contributed by atoms with Gasteiger partial charge in [-0.25, -0.2) is 0 Å². The van der Waals surface area contributed by atoms with Crippen molar-refractivity contribution in [3.8, 4) is 16.9 Å². The fourth-order valence-corrected chi connectivity index (χ4v) is 4.01. The molecular formula is C28H26N2O4. The first-order chi connectivity index (χ1) is 16.4. The Balaban J connectivity index is 1.66. The molecule has 0 fully saturated rings. The molecule has 0 saturated carbocycles. The molecule has 1 heterocycles. The van der Waals surface area contributed by atoms with Crippen molar-refractivity contribution < 1.29 is 18.7 Å². The fraction of sp³-hybridized carbons (Fsp3) is 0.143. The number of hydrogen-bond donors (Lipinski definition) is 2. The van der Waals surface area contributed by atoms with E-state index in [0.717, 1.165) is 38.8 Å². The van der Waals surface area contributed by atoms with E-state index in [0.29, 0.717) is 17.1 Å². The average Bonchev–Trinajstić information content (AvgIpc) is 3.25. The first kappa shape index (κ1) is 22.9. The third-order valence-electron chi connectivity index (χ3n) is 5.58. The highest BCUT2D eigenvalue weighted by Gasteiger charge is 2.18. The molecule has 2 N–H and O–H groups in total. The molecule has 4 aromatic rings. The Morgan fingerprint density at radius 3 is 2.21 bits per heavy atom. The van der Waals surface area contributed by atoms with Crippen molar-refractivity contribution in [2.75, 3.05) is 17.7 Å². The summed E-state index contributed by atoms with van der Waals surface area (Å²) in [6.07, 6.45) is 3.31. The quantitative estimate of drug-likeness (QED) is 0.330. The van der Waals surface area contributed by atoms with Gasteiger partial charge in [0.05, 0.1) is 13.4 Å². The van der Waals surface area contributed by atoms with Crippen LogP contribution in [0.4, 0.5) is 11.4 Å². The lowest BCUT2D eigenvalue weighted by Crippen LogP contribution is -2.09. The third-order valence-corrected chi connectivity index (χ3v) is 5.58. The minimum absolute atomic E-state index is 0.149. The molecule has 34 heavy (non-hydrogen) atoms. The highest BCUT2D eigenvalue weighted by atomic mass is 16.5. The van der Waals surface area contributed by atoms with Crippen LogP contribution in [-0.4, -0.2) is 18.9 Å². The normalized spacial score (nSPS) is 11.4. The maximum Gasteiger partial charge on any atom is 0.248 e. The number of rotatable bonds is 6. The Morgan fingerprint density at radius 1 is 0.941 bits per heavy atom. The molecule has 0 atom stereocenters. The molecule has 0 spiro atoms. The van der Waals surface area contributed by atoms with E-state index in [1.54, 1.807) is 43.7 Å². The van der Waals surface area contributed by atoms with E-state index in [1.807, 2.05) is 50.2 Å². The summed E-state index contributed by atoms with van der Waals surface area (Å²) in [7, 11) is 1.61. The molecule has 1 aromatic heterocycles. The summed E-state index contributed by atoms with van der Waals surface area (Å²) in [6, 6.07) is 19.0. The van der Waals surface area contributed by atoms with Gasteiger partial charge in [0.1, 0.15) is 11.3 Å². The molecule has 6 heteroatoms. The van der Waals surface area contributed by atoms with Crippen molar-refractivity contribution in [1.29, 1.82) is 0 Å². The number of aryl methyl sites for hydroxylation is 1. The number of methoxy groups -OCH3 is 1. The van der Waals surface area contributed by atoms with Crippen molar-refractivity contribution in [1.82, 2.24) is 0 Å². The Bertz CT molecular complexity index is 1380. The van der Waals surface area contributed by atoms with E-state index in [4.69, 9.17) is 9.15 Å². The standard InChI is InChI=1S/C28H26N2O4/c1-17(14-26(32)30-22-12-10-21(11-13-22)29-19(3)31)23-15-24-25(20-8-6-5-7-9-20)16-34-28(24)18(2)27(23)33-4/h5-16H,1-4H3,(H,29,31)(H,30,32)/b17-14+. The van der Waals surface area contributed by atoms with Crippen LogP contribution >= 0.6 is 0 Å². The summed E-state index contributed by atoms with van der Waals surface area (Å²) in [4.78, 5) is 23.9. The summed E-state index contributed by atoms with van der Waals surface area (Å²) in [6.45, 7) is 5.28. The lowest BCUT2D eigenvalue weighted by molar-refractivity contribution is -0.114. The van der Waals surface area contributed by atoms with Crippen LogP contribution in [0.25, 0.3) is 27.7 Å². The number of carbonyl (C=O) groups is 2. The number of furan rings is 1. The summed E-state index contributed by atoms with van der Waals surface area (Å²) in [5.41, 5.74) is 6.55. The van der Waals surface area contributed by atoms with Crippen molar-refractivity contribution >= 4 is 39.7 Å². The molecule has 0 bridgehead atoms. The van der Waals surface area contributed by atoms with Crippen molar-refractivity contribution in [3.05, 3.63) is 84.1 Å². The average molecular weight is 455 g/mol. The van der Waals surface area contributed by atoms with E-state index in [1.165, 1.54) is 6.92 Å². The van der Waals surface area contributed by atoms with Crippen LogP contribution in [0.3, 0.4) is 0 Å². The number of carbonyl (C=O) groups excluding carboxylic acids is 2. The lowest BCUT2D eigenvalue weighted by Gasteiger charge is -2.13. The van der Waals surface area contributed by atoms with Crippen LogP contribution in [-0.2, 0) is 9.59 Å². The smallest absolute Gasteiger partial charge is 0.248 e. The van der Waals surface area contributed by atoms with E-state index in [9.17, 15) is 9.59 Å². The first-order valence-electron chi connectivity index (χ1n) is 10.9. The molecule has 0 aliphatic carbocycles. The van der Waals surface area contributed by atoms with Gasteiger partial charge in [-0.3, -0.25) is 9.59 Å². The zero-order chi connectivity index (χ0) is 24.2. The highest BCUT2D eigenvalue weighted by molar-refractivity contribution is 6.06. The van der Waals surface area contributed by atoms with E-state index in [2.05, 4.69) is 10.6 Å². The Morgan fingerprint density at radius 2 is 1.59 bits per heavy atom. The number of nitrogens with one attached hydrogen (secondary N) is 2. The molecule has 2 amide bonds. The number of fused-ring (bicyclic) bond motifs is 1. The molecule has 0 aliphatic rings. The number of benzene rings is 3. The Labute approximate surface area is 198 Å². The Hall–Kier alpha value is -4.32. The summed E-state index contributed by atoms with van der Waals surface area (Å²) >= 11 is 0.